The van der Waals surface area contributed by atoms with Gasteiger partial charge in [0.05, 0.1) is 0 Å². The van der Waals surface area contributed by atoms with Crippen LogP contribution >= 0.6 is 0 Å². The maximum absolute atomic E-state index is 13.2. The molecule has 0 unspecified atom stereocenters. The molecule has 5 heteroatoms. The van der Waals surface area contributed by atoms with Crippen molar-refractivity contribution in [2.24, 2.45) is 0 Å². The zero-order valence-electron chi connectivity index (χ0n) is 13.2. The van der Waals surface area contributed by atoms with E-state index in [1.807, 2.05) is 4.90 Å². The van der Waals surface area contributed by atoms with Gasteiger partial charge in [0.15, 0.2) is 0 Å². The molecule has 0 radical (unpaired) electrons. The fourth-order valence-electron chi connectivity index (χ4n) is 2.88. The first kappa shape index (κ1) is 16.5. The molecule has 1 aromatic rings. The van der Waals surface area contributed by atoms with E-state index in [1.54, 1.807) is 13.0 Å². The summed E-state index contributed by atoms with van der Waals surface area (Å²) in [5.41, 5.74) is 0.922. The number of halogens is 1. The van der Waals surface area contributed by atoms with Crippen LogP contribution in [0.2, 0.25) is 0 Å². The Morgan fingerprint density at radius 2 is 2.23 bits per heavy atom. The van der Waals surface area contributed by atoms with Gasteiger partial charge in [-0.3, -0.25) is 9.59 Å². The topological polar surface area (TPSA) is 49.4 Å². The second-order valence-electron chi connectivity index (χ2n) is 5.76. The third kappa shape index (κ3) is 3.84. The number of hydrogen-bond donors (Lipinski definition) is 1. The van der Waals surface area contributed by atoms with Crippen LogP contribution in [0.3, 0.4) is 0 Å². The van der Waals surface area contributed by atoms with Crippen molar-refractivity contribution in [3.63, 3.8) is 0 Å². The number of carbonyl (C=O) groups is 2. The molecule has 0 spiro atoms. The van der Waals surface area contributed by atoms with Crippen molar-refractivity contribution in [2.45, 2.75) is 45.6 Å². The fourth-order valence-corrected chi connectivity index (χ4v) is 2.88. The number of carbonyl (C=O) groups excluding carboxylic acids is 2. The molecule has 1 aromatic carbocycles. The van der Waals surface area contributed by atoms with E-state index >= 15 is 0 Å². The number of hydrogen-bond acceptors (Lipinski definition) is 2. The van der Waals surface area contributed by atoms with Gasteiger partial charge in [-0.15, -0.1) is 0 Å². The van der Waals surface area contributed by atoms with Crippen molar-refractivity contribution in [1.29, 1.82) is 0 Å². The summed E-state index contributed by atoms with van der Waals surface area (Å²) in [5, 5.41) is 2.85. The highest BCUT2D eigenvalue weighted by molar-refractivity contribution is 5.94. The van der Waals surface area contributed by atoms with Gasteiger partial charge in [-0.1, -0.05) is 6.92 Å². The molecule has 1 saturated heterocycles. The van der Waals surface area contributed by atoms with E-state index in [2.05, 4.69) is 12.2 Å². The minimum Gasteiger partial charge on any atom is -0.352 e. The lowest BCUT2D eigenvalue weighted by Crippen LogP contribution is -2.38. The number of aryl methyl sites for hydroxylation is 1. The summed E-state index contributed by atoms with van der Waals surface area (Å²) in [5.74, 6) is -0.298. The molecular formula is C17H23FN2O2. The van der Waals surface area contributed by atoms with Crippen LogP contribution in [0.5, 0.6) is 0 Å². The Balaban J connectivity index is 1.85. The Morgan fingerprint density at radius 1 is 1.45 bits per heavy atom. The lowest BCUT2D eigenvalue weighted by atomic mass is 10.1. The van der Waals surface area contributed by atoms with E-state index in [4.69, 9.17) is 0 Å². The summed E-state index contributed by atoms with van der Waals surface area (Å²) in [6, 6.07) is 4.53. The van der Waals surface area contributed by atoms with Crippen LogP contribution in [-0.4, -0.2) is 35.8 Å². The first-order valence-corrected chi connectivity index (χ1v) is 7.86. The maximum Gasteiger partial charge on any atom is 0.251 e. The van der Waals surface area contributed by atoms with Crippen molar-refractivity contribution in [3.8, 4) is 0 Å². The van der Waals surface area contributed by atoms with E-state index in [1.165, 1.54) is 12.1 Å². The molecule has 1 fully saturated rings. The van der Waals surface area contributed by atoms with Crippen molar-refractivity contribution >= 4 is 11.8 Å². The maximum atomic E-state index is 13.2. The average molecular weight is 306 g/mol. The summed E-state index contributed by atoms with van der Waals surface area (Å²) >= 11 is 0. The van der Waals surface area contributed by atoms with E-state index in [0.717, 1.165) is 25.8 Å². The SMILES string of the molecule is CC[C@@H](CCNC(=O)c1ccc(F)c(C)c1)N1CCCC1=O. The number of rotatable bonds is 6. The molecule has 1 aliphatic heterocycles. The van der Waals surface area contributed by atoms with Crippen LogP contribution in [-0.2, 0) is 4.79 Å². The summed E-state index contributed by atoms with van der Waals surface area (Å²) in [6.45, 7) is 5.03. The predicted octanol–water partition coefficient (Wildman–Crippen LogP) is 2.66. The molecule has 0 saturated carbocycles. The molecule has 120 valence electrons. The number of benzene rings is 1. The highest BCUT2D eigenvalue weighted by Crippen LogP contribution is 2.17. The Morgan fingerprint density at radius 3 is 2.82 bits per heavy atom. The number of nitrogens with zero attached hydrogens (tertiary/aromatic N) is 1. The summed E-state index contributed by atoms with van der Waals surface area (Å²) < 4.78 is 13.2. The van der Waals surface area contributed by atoms with Crippen LogP contribution in [0.4, 0.5) is 4.39 Å². The van der Waals surface area contributed by atoms with Crippen molar-refractivity contribution < 1.29 is 14.0 Å². The minimum absolute atomic E-state index is 0.185. The third-order valence-corrected chi connectivity index (χ3v) is 4.21. The van der Waals surface area contributed by atoms with E-state index in [9.17, 15) is 14.0 Å². The van der Waals surface area contributed by atoms with E-state index < -0.39 is 0 Å². The first-order chi connectivity index (χ1) is 10.5. The fraction of sp³-hybridized carbons (Fsp3) is 0.529. The molecule has 0 aromatic heterocycles. The van der Waals surface area contributed by atoms with Gasteiger partial charge in [-0.05, 0) is 49.9 Å². The molecule has 1 N–H and O–H groups in total. The molecule has 0 bridgehead atoms. The van der Waals surface area contributed by atoms with Gasteiger partial charge in [-0.25, -0.2) is 4.39 Å². The van der Waals surface area contributed by atoms with Gasteiger partial charge < -0.3 is 10.2 Å². The van der Waals surface area contributed by atoms with E-state index in [0.29, 0.717) is 24.1 Å². The molecule has 2 rings (SSSR count). The summed E-state index contributed by atoms with van der Waals surface area (Å²) in [6.07, 6.45) is 3.19. The summed E-state index contributed by atoms with van der Waals surface area (Å²) in [7, 11) is 0. The Kier molecular flexibility index (Phi) is 5.52. The first-order valence-electron chi connectivity index (χ1n) is 7.86. The van der Waals surface area contributed by atoms with Gasteiger partial charge >= 0.3 is 0 Å². The van der Waals surface area contributed by atoms with Crippen LogP contribution in [0, 0.1) is 12.7 Å². The van der Waals surface area contributed by atoms with Crippen LogP contribution in [0.1, 0.15) is 48.5 Å². The van der Waals surface area contributed by atoms with Crippen molar-refractivity contribution in [1.82, 2.24) is 10.2 Å². The molecule has 1 atom stereocenters. The zero-order valence-corrected chi connectivity index (χ0v) is 13.2. The Bertz CT molecular complexity index is 560. The highest BCUT2D eigenvalue weighted by Gasteiger charge is 2.26. The molecule has 1 heterocycles. The van der Waals surface area contributed by atoms with Crippen LogP contribution in [0.25, 0.3) is 0 Å². The van der Waals surface area contributed by atoms with Crippen LogP contribution in [0.15, 0.2) is 18.2 Å². The zero-order chi connectivity index (χ0) is 16.1. The van der Waals surface area contributed by atoms with Gasteiger partial charge in [-0.2, -0.15) is 0 Å². The summed E-state index contributed by atoms with van der Waals surface area (Å²) in [4.78, 5) is 25.7. The third-order valence-electron chi connectivity index (χ3n) is 4.21. The number of amides is 2. The molecular weight excluding hydrogens is 283 g/mol. The van der Waals surface area contributed by atoms with Gasteiger partial charge in [0.2, 0.25) is 5.91 Å². The smallest absolute Gasteiger partial charge is 0.251 e. The molecule has 0 aliphatic carbocycles. The second kappa shape index (κ2) is 7.38. The van der Waals surface area contributed by atoms with Gasteiger partial charge in [0.25, 0.3) is 5.91 Å². The highest BCUT2D eigenvalue weighted by atomic mass is 19.1. The molecule has 2 amide bonds. The Hall–Kier alpha value is -1.91. The second-order valence-corrected chi connectivity index (χ2v) is 5.76. The minimum atomic E-state index is -0.310. The Labute approximate surface area is 130 Å². The van der Waals surface area contributed by atoms with Crippen molar-refractivity contribution in [3.05, 3.63) is 35.1 Å². The standard InChI is InChI=1S/C17H23FN2O2/c1-3-14(20-10-4-5-16(20)21)8-9-19-17(22)13-6-7-15(18)12(2)11-13/h6-7,11,14H,3-5,8-10H2,1-2H3,(H,19,22)/t14-/m0/s1. The van der Waals surface area contributed by atoms with Crippen LogP contribution < -0.4 is 5.32 Å². The molecule has 1 aliphatic rings. The number of likely N-dealkylation sites (tertiary alicyclic amines) is 1. The lowest BCUT2D eigenvalue weighted by molar-refractivity contribution is -0.129. The van der Waals surface area contributed by atoms with E-state index in [-0.39, 0.29) is 23.7 Å². The number of nitrogens with one attached hydrogen (secondary N) is 1. The molecule has 22 heavy (non-hydrogen) atoms. The van der Waals surface area contributed by atoms with Crippen molar-refractivity contribution in [2.75, 3.05) is 13.1 Å². The predicted molar refractivity (Wildman–Crippen MR) is 83.1 cm³/mol. The lowest BCUT2D eigenvalue weighted by Gasteiger charge is -2.26. The monoisotopic (exact) mass is 306 g/mol. The average Bonchev–Trinajstić information content (AvgIpc) is 2.92. The normalized spacial score (nSPS) is 16.0. The van der Waals surface area contributed by atoms with Gasteiger partial charge in [0, 0.05) is 31.1 Å². The quantitative estimate of drug-likeness (QED) is 0.878. The largest absolute Gasteiger partial charge is 0.352 e. The van der Waals surface area contributed by atoms with Gasteiger partial charge in [0.1, 0.15) is 5.82 Å². The molecule has 4 nitrogen and oxygen atoms in total.